The summed E-state index contributed by atoms with van der Waals surface area (Å²) in [6.07, 6.45) is 1.41. The normalized spacial score (nSPS) is 12.9. The highest BCUT2D eigenvalue weighted by molar-refractivity contribution is 6.06. The van der Waals surface area contributed by atoms with E-state index in [9.17, 15) is 19.2 Å². The van der Waals surface area contributed by atoms with E-state index in [0.29, 0.717) is 0 Å². The number of benzene rings is 5. The zero-order valence-electron chi connectivity index (χ0n) is 29.0. The van der Waals surface area contributed by atoms with E-state index in [0.717, 1.165) is 44.3 Å². The van der Waals surface area contributed by atoms with Crippen molar-refractivity contribution in [2.75, 3.05) is 19.0 Å². The Kier molecular flexibility index (Phi) is 10.3. The summed E-state index contributed by atoms with van der Waals surface area (Å²) in [5, 5.41) is 9.32. The van der Waals surface area contributed by atoms with E-state index < -0.39 is 36.0 Å². The number of esters is 1. The van der Waals surface area contributed by atoms with Gasteiger partial charge < -0.3 is 30.4 Å². The smallest absolute Gasteiger partial charge is 0.407 e. The monoisotopic (exact) mass is 706 g/mol. The quantitative estimate of drug-likeness (QED) is 0.104. The van der Waals surface area contributed by atoms with Gasteiger partial charge in [-0.15, -0.1) is 0 Å². The van der Waals surface area contributed by atoms with Gasteiger partial charge in [-0.3, -0.25) is 9.59 Å². The number of aromatic nitrogens is 1. The summed E-state index contributed by atoms with van der Waals surface area (Å²) in [5.74, 6) is -1.89. The van der Waals surface area contributed by atoms with Crippen LogP contribution in [0.25, 0.3) is 22.0 Å². The van der Waals surface area contributed by atoms with Crippen LogP contribution in [0.5, 0.6) is 0 Å². The highest BCUT2D eigenvalue weighted by Crippen LogP contribution is 2.44. The lowest BCUT2D eigenvalue weighted by atomic mass is 9.98. The van der Waals surface area contributed by atoms with Crippen molar-refractivity contribution in [3.05, 3.63) is 161 Å². The maximum atomic E-state index is 13.9. The molecule has 10 nitrogen and oxygen atoms in total. The third-order valence-electron chi connectivity index (χ3n) is 9.55. The van der Waals surface area contributed by atoms with Crippen molar-refractivity contribution >= 4 is 40.5 Å². The van der Waals surface area contributed by atoms with Gasteiger partial charge in [0.1, 0.15) is 18.7 Å². The molecule has 1 heterocycles. The van der Waals surface area contributed by atoms with Crippen LogP contribution >= 0.6 is 0 Å². The Morgan fingerprint density at radius 2 is 1.34 bits per heavy atom. The molecule has 266 valence electrons. The average molecular weight is 707 g/mol. The molecule has 5 aromatic carbocycles. The fraction of sp³-hybridized carbons (Fsp3) is 0.163. The lowest BCUT2D eigenvalue weighted by molar-refractivity contribution is -0.142. The summed E-state index contributed by atoms with van der Waals surface area (Å²) in [7, 11) is 1.27. The zero-order valence-corrected chi connectivity index (χ0v) is 29.0. The molecule has 10 heteroatoms. The van der Waals surface area contributed by atoms with Gasteiger partial charge in [-0.25, -0.2) is 9.59 Å². The van der Waals surface area contributed by atoms with Crippen LogP contribution in [0.3, 0.4) is 0 Å². The van der Waals surface area contributed by atoms with Crippen LogP contribution in [0.2, 0.25) is 0 Å². The Hall–Kier alpha value is -6.68. The van der Waals surface area contributed by atoms with Crippen molar-refractivity contribution in [1.82, 2.24) is 15.6 Å². The number of para-hydroxylation sites is 2. The lowest BCUT2D eigenvalue weighted by Gasteiger charge is -2.21. The number of fused-ring (bicyclic) bond motifs is 4. The molecule has 0 bridgehead atoms. The van der Waals surface area contributed by atoms with Gasteiger partial charge in [0.05, 0.1) is 18.4 Å². The molecule has 1 aliphatic rings. The zero-order chi connectivity index (χ0) is 36.7. The number of carbonyl (C=O) groups excluding carboxylic acids is 4. The number of rotatable bonds is 12. The predicted octanol–water partition coefficient (Wildman–Crippen LogP) is 6.77. The molecule has 3 amide bonds. The number of carbonyl (C=O) groups is 4. The van der Waals surface area contributed by atoms with Gasteiger partial charge >= 0.3 is 12.1 Å². The van der Waals surface area contributed by atoms with E-state index >= 15 is 0 Å². The molecule has 0 spiro atoms. The summed E-state index contributed by atoms with van der Waals surface area (Å²) < 4.78 is 10.8. The van der Waals surface area contributed by atoms with Crippen molar-refractivity contribution < 1.29 is 28.7 Å². The number of anilines is 1. The van der Waals surface area contributed by atoms with Crippen LogP contribution in [0, 0.1) is 0 Å². The molecule has 0 saturated carbocycles. The Labute approximate surface area is 306 Å². The molecule has 0 aliphatic heterocycles. The second-order valence-electron chi connectivity index (χ2n) is 12.9. The van der Waals surface area contributed by atoms with Crippen LogP contribution < -0.4 is 16.0 Å². The molecule has 0 unspecified atom stereocenters. The van der Waals surface area contributed by atoms with E-state index in [2.05, 4.69) is 33.1 Å². The Morgan fingerprint density at radius 3 is 2.08 bits per heavy atom. The maximum Gasteiger partial charge on any atom is 0.407 e. The van der Waals surface area contributed by atoms with Gasteiger partial charge in [0.15, 0.2) is 0 Å². The standard InChI is InChI=1S/C43H38N4O6/c1-52-42(50)39(24-28-25-44-36-21-11-9-15-29(28)36)46-40(48)34-20-10-12-22-37(34)45-41(49)38(23-27-13-3-2-4-14-27)47-43(51)53-26-35-32-18-7-5-16-30(32)31-17-6-8-19-33(31)35/h2-22,25,35,38-39,44H,23-24,26H2,1H3,(H,45,49)(H,46,48)(H,47,51)/t38-,39+/m0/s1. The molecular weight excluding hydrogens is 668 g/mol. The Morgan fingerprint density at radius 1 is 0.698 bits per heavy atom. The minimum absolute atomic E-state index is 0.0858. The number of hydrogen-bond acceptors (Lipinski definition) is 6. The first-order valence-corrected chi connectivity index (χ1v) is 17.4. The molecule has 0 saturated heterocycles. The first-order chi connectivity index (χ1) is 25.9. The summed E-state index contributed by atoms with van der Waals surface area (Å²) in [5.41, 5.74) is 7.26. The van der Waals surface area contributed by atoms with Crippen molar-refractivity contribution in [2.24, 2.45) is 0 Å². The summed E-state index contributed by atoms with van der Waals surface area (Å²) in [6, 6.07) is 37.5. The number of ether oxygens (including phenoxy) is 2. The number of nitrogens with one attached hydrogen (secondary N) is 4. The molecule has 7 rings (SSSR count). The third-order valence-corrected chi connectivity index (χ3v) is 9.55. The van der Waals surface area contributed by atoms with E-state index in [-0.39, 0.29) is 36.6 Å². The number of methoxy groups -OCH3 is 1. The summed E-state index contributed by atoms with van der Waals surface area (Å²) in [6.45, 7) is 0.0858. The van der Waals surface area contributed by atoms with Crippen LogP contribution in [0.15, 0.2) is 134 Å². The SMILES string of the molecule is COC(=O)[C@@H](Cc1c[nH]c2ccccc12)NC(=O)c1ccccc1NC(=O)[C@H](Cc1ccccc1)NC(=O)OCC1c2ccccc2-c2ccccc21. The molecule has 0 radical (unpaired) electrons. The molecule has 2 atom stereocenters. The molecule has 53 heavy (non-hydrogen) atoms. The van der Waals surface area contributed by atoms with Crippen LogP contribution in [-0.2, 0) is 31.9 Å². The second kappa shape index (κ2) is 15.7. The summed E-state index contributed by atoms with van der Waals surface area (Å²) >= 11 is 0. The van der Waals surface area contributed by atoms with Crippen LogP contribution in [0.1, 0.15) is 38.5 Å². The minimum atomic E-state index is -1.05. The first kappa shape index (κ1) is 34.8. The average Bonchev–Trinajstić information content (AvgIpc) is 3.75. The molecule has 6 aromatic rings. The molecule has 0 fully saturated rings. The molecular formula is C43H38N4O6. The van der Waals surface area contributed by atoms with Gasteiger partial charge in [-0.2, -0.15) is 0 Å². The number of alkyl carbamates (subject to hydrolysis) is 1. The van der Waals surface area contributed by atoms with Crippen LogP contribution in [-0.4, -0.2) is 54.7 Å². The van der Waals surface area contributed by atoms with E-state index in [1.807, 2.05) is 91.0 Å². The van der Waals surface area contributed by atoms with E-state index in [1.54, 1.807) is 30.5 Å². The van der Waals surface area contributed by atoms with Gasteiger partial charge in [0, 0.05) is 35.9 Å². The number of amides is 3. The predicted molar refractivity (Wildman–Crippen MR) is 202 cm³/mol. The highest BCUT2D eigenvalue weighted by Gasteiger charge is 2.31. The van der Waals surface area contributed by atoms with E-state index in [4.69, 9.17) is 9.47 Å². The largest absolute Gasteiger partial charge is 0.467 e. The van der Waals surface area contributed by atoms with E-state index in [1.165, 1.54) is 7.11 Å². The highest BCUT2D eigenvalue weighted by atomic mass is 16.5. The van der Waals surface area contributed by atoms with Gasteiger partial charge in [-0.05, 0) is 51.6 Å². The topological polar surface area (TPSA) is 139 Å². The number of hydrogen-bond donors (Lipinski definition) is 4. The lowest BCUT2D eigenvalue weighted by Crippen LogP contribution is -2.46. The van der Waals surface area contributed by atoms with Crippen molar-refractivity contribution in [3.63, 3.8) is 0 Å². The molecule has 1 aromatic heterocycles. The molecule has 4 N–H and O–H groups in total. The minimum Gasteiger partial charge on any atom is -0.467 e. The van der Waals surface area contributed by atoms with Crippen molar-refractivity contribution in [3.8, 4) is 11.1 Å². The van der Waals surface area contributed by atoms with Gasteiger partial charge in [-0.1, -0.05) is 109 Å². The fourth-order valence-corrected chi connectivity index (χ4v) is 6.94. The van der Waals surface area contributed by atoms with Crippen LogP contribution in [0.4, 0.5) is 10.5 Å². The molecule has 1 aliphatic carbocycles. The summed E-state index contributed by atoms with van der Waals surface area (Å²) in [4.78, 5) is 57.1. The van der Waals surface area contributed by atoms with Gasteiger partial charge in [0.2, 0.25) is 5.91 Å². The third kappa shape index (κ3) is 7.67. The second-order valence-corrected chi connectivity index (χ2v) is 12.9. The number of aromatic amines is 1. The Bertz CT molecular complexity index is 2240. The number of H-pyrrole nitrogens is 1. The van der Waals surface area contributed by atoms with Crippen molar-refractivity contribution in [2.45, 2.75) is 30.8 Å². The maximum absolute atomic E-state index is 13.9. The first-order valence-electron chi connectivity index (χ1n) is 17.4. The fourth-order valence-electron chi connectivity index (χ4n) is 6.94. The Balaban J connectivity index is 1.06. The van der Waals surface area contributed by atoms with Gasteiger partial charge in [0.25, 0.3) is 5.91 Å². The van der Waals surface area contributed by atoms with Crippen molar-refractivity contribution in [1.29, 1.82) is 0 Å².